The predicted octanol–water partition coefficient (Wildman–Crippen LogP) is 1.76. The molecule has 0 aromatic heterocycles. The molecule has 17 heavy (non-hydrogen) atoms. The van der Waals surface area contributed by atoms with Gasteiger partial charge in [-0.05, 0) is 12.0 Å². The predicted molar refractivity (Wildman–Crippen MR) is 62.3 cm³/mol. The van der Waals surface area contributed by atoms with Crippen LogP contribution in [0.3, 0.4) is 0 Å². The van der Waals surface area contributed by atoms with E-state index in [1.165, 1.54) is 6.08 Å². The molecule has 1 heterocycles. The van der Waals surface area contributed by atoms with Gasteiger partial charge in [0.1, 0.15) is 6.61 Å². The molecule has 0 radical (unpaired) electrons. The summed E-state index contributed by atoms with van der Waals surface area (Å²) in [7, 11) is 0. The Morgan fingerprint density at radius 2 is 2.12 bits per heavy atom. The van der Waals surface area contributed by atoms with Gasteiger partial charge in [-0.25, -0.2) is 9.69 Å². The van der Waals surface area contributed by atoms with E-state index in [-0.39, 0.29) is 12.5 Å². The molecule has 1 aliphatic rings. The van der Waals surface area contributed by atoms with Crippen LogP contribution in [0.2, 0.25) is 0 Å². The number of nitrogens with zero attached hydrogens (tertiary/aromatic N) is 1. The second kappa shape index (κ2) is 5.30. The average Bonchev–Trinajstić information content (AvgIpc) is 2.77. The number of carbonyl (C=O) groups is 2. The lowest BCUT2D eigenvalue weighted by atomic mass is 10.1. The van der Waals surface area contributed by atoms with Crippen molar-refractivity contribution in [3.63, 3.8) is 0 Å². The van der Waals surface area contributed by atoms with Crippen LogP contribution in [0.5, 0.6) is 0 Å². The third-order valence-corrected chi connectivity index (χ3v) is 2.48. The van der Waals surface area contributed by atoms with E-state index in [0.29, 0.717) is 13.0 Å². The number of rotatable bonds is 3. The molecular formula is C13H13NO3. The molecule has 88 valence electrons. The Labute approximate surface area is 99.5 Å². The van der Waals surface area contributed by atoms with E-state index in [2.05, 4.69) is 4.74 Å². The number of allylic oxidation sites excluding steroid dienone is 1. The van der Waals surface area contributed by atoms with Gasteiger partial charge in [0.25, 0.3) is 5.91 Å². The highest BCUT2D eigenvalue weighted by Crippen LogP contribution is 2.05. The summed E-state index contributed by atoms with van der Waals surface area (Å²) in [6.07, 6.45) is 3.29. The molecule has 1 saturated heterocycles. The van der Waals surface area contributed by atoms with Gasteiger partial charge in [-0.2, -0.15) is 0 Å². The summed E-state index contributed by atoms with van der Waals surface area (Å²) in [4.78, 5) is 23.8. The van der Waals surface area contributed by atoms with Crippen LogP contribution >= 0.6 is 0 Å². The second-order valence-corrected chi connectivity index (χ2v) is 3.70. The van der Waals surface area contributed by atoms with E-state index in [1.54, 1.807) is 6.08 Å². The van der Waals surface area contributed by atoms with E-state index in [4.69, 9.17) is 0 Å². The van der Waals surface area contributed by atoms with Crippen LogP contribution < -0.4 is 0 Å². The molecule has 2 amide bonds. The Morgan fingerprint density at radius 1 is 1.35 bits per heavy atom. The minimum atomic E-state index is -0.556. The van der Waals surface area contributed by atoms with Gasteiger partial charge >= 0.3 is 6.09 Å². The first-order chi connectivity index (χ1) is 8.27. The Balaban J connectivity index is 1.88. The highest BCUT2D eigenvalue weighted by Gasteiger charge is 2.26. The van der Waals surface area contributed by atoms with Crippen LogP contribution in [0.1, 0.15) is 5.56 Å². The fourth-order valence-corrected chi connectivity index (χ4v) is 1.59. The fourth-order valence-electron chi connectivity index (χ4n) is 1.59. The van der Waals surface area contributed by atoms with Gasteiger partial charge in [0.05, 0.1) is 6.54 Å². The van der Waals surface area contributed by atoms with Crippen molar-refractivity contribution < 1.29 is 14.3 Å². The molecule has 1 fully saturated rings. The number of carbonyl (C=O) groups excluding carboxylic acids is 2. The molecule has 0 saturated carbocycles. The van der Waals surface area contributed by atoms with Gasteiger partial charge in [0.2, 0.25) is 0 Å². The molecule has 0 atom stereocenters. The van der Waals surface area contributed by atoms with Gasteiger partial charge in [-0.1, -0.05) is 36.4 Å². The Hall–Kier alpha value is -2.10. The lowest BCUT2D eigenvalue weighted by molar-refractivity contribution is -0.122. The van der Waals surface area contributed by atoms with Gasteiger partial charge in [0, 0.05) is 6.08 Å². The maximum absolute atomic E-state index is 11.6. The topological polar surface area (TPSA) is 46.6 Å². The van der Waals surface area contributed by atoms with E-state index in [0.717, 1.165) is 10.5 Å². The zero-order valence-corrected chi connectivity index (χ0v) is 9.33. The molecule has 1 aromatic rings. The average molecular weight is 231 g/mol. The maximum Gasteiger partial charge on any atom is 0.416 e. The molecule has 4 nitrogen and oxygen atoms in total. The summed E-state index contributed by atoms with van der Waals surface area (Å²) in [5.74, 6) is -0.316. The Kier molecular flexibility index (Phi) is 3.55. The van der Waals surface area contributed by atoms with E-state index in [9.17, 15) is 9.59 Å². The van der Waals surface area contributed by atoms with E-state index < -0.39 is 6.09 Å². The molecule has 0 N–H and O–H groups in total. The van der Waals surface area contributed by atoms with Gasteiger partial charge in [0.15, 0.2) is 0 Å². The number of amides is 2. The SMILES string of the molecule is O=C(/C=C\Cc1ccccc1)N1CCOC1=O. The maximum atomic E-state index is 11.6. The molecule has 0 spiro atoms. The first-order valence-electron chi connectivity index (χ1n) is 5.46. The zero-order chi connectivity index (χ0) is 12.1. The first-order valence-corrected chi connectivity index (χ1v) is 5.46. The van der Waals surface area contributed by atoms with Crippen molar-refractivity contribution in [1.29, 1.82) is 0 Å². The van der Waals surface area contributed by atoms with Crippen molar-refractivity contribution in [2.45, 2.75) is 6.42 Å². The van der Waals surface area contributed by atoms with E-state index >= 15 is 0 Å². The largest absolute Gasteiger partial charge is 0.447 e. The van der Waals surface area contributed by atoms with Crippen LogP contribution in [-0.2, 0) is 16.0 Å². The minimum absolute atomic E-state index is 0.289. The summed E-state index contributed by atoms with van der Waals surface area (Å²) in [5.41, 5.74) is 1.13. The third-order valence-electron chi connectivity index (χ3n) is 2.48. The monoisotopic (exact) mass is 231 g/mol. The lowest BCUT2D eigenvalue weighted by Crippen LogP contribution is -2.29. The molecule has 2 rings (SSSR count). The quantitative estimate of drug-likeness (QED) is 0.745. The fraction of sp³-hybridized carbons (Fsp3) is 0.231. The lowest BCUT2D eigenvalue weighted by Gasteiger charge is -2.06. The summed E-state index contributed by atoms with van der Waals surface area (Å²) in [6.45, 7) is 0.629. The van der Waals surface area contributed by atoms with Gasteiger partial charge < -0.3 is 4.74 Å². The van der Waals surface area contributed by atoms with Crippen molar-refractivity contribution in [3.05, 3.63) is 48.0 Å². The van der Waals surface area contributed by atoms with Crippen LogP contribution in [0.4, 0.5) is 4.79 Å². The van der Waals surface area contributed by atoms with Crippen molar-refractivity contribution in [1.82, 2.24) is 4.90 Å². The normalized spacial score (nSPS) is 15.3. The van der Waals surface area contributed by atoms with Crippen LogP contribution in [0, 0.1) is 0 Å². The summed E-state index contributed by atoms with van der Waals surface area (Å²) in [5, 5.41) is 0. The van der Waals surface area contributed by atoms with Crippen LogP contribution in [0.15, 0.2) is 42.5 Å². The molecule has 0 unspecified atom stereocenters. The highest BCUT2D eigenvalue weighted by atomic mass is 16.6. The summed E-state index contributed by atoms with van der Waals surface area (Å²) >= 11 is 0. The van der Waals surface area contributed by atoms with Crippen molar-refractivity contribution in [2.24, 2.45) is 0 Å². The van der Waals surface area contributed by atoms with Crippen LogP contribution in [-0.4, -0.2) is 30.1 Å². The number of imide groups is 1. The molecule has 1 aromatic carbocycles. The number of benzene rings is 1. The smallest absolute Gasteiger partial charge is 0.416 e. The second-order valence-electron chi connectivity index (χ2n) is 3.70. The highest BCUT2D eigenvalue weighted by molar-refractivity contribution is 5.99. The van der Waals surface area contributed by atoms with Crippen molar-refractivity contribution in [3.8, 4) is 0 Å². The summed E-state index contributed by atoms with van der Waals surface area (Å²) in [6, 6.07) is 9.81. The molecule has 1 aliphatic heterocycles. The molecule has 0 bridgehead atoms. The Bertz CT molecular complexity index is 439. The molecule has 4 heteroatoms. The summed E-state index contributed by atoms with van der Waals surface area (Å²) < 4.78 is 4.68. The van der Waals surface area contributed by atoms with Gasteiger partial charge in [-0.15, -0.1) is 0 Å². The van der Waals surface area contributed by atoms with Crippen LogP contribution in [0.25, 0.3) is 0 Å². The van der Waals surface area contributed by atoms with Crippen molar-refractivity contribution >= 4 is 12.0 Å². The standard InChI is InChI=1S/C13H13NO3/c15-12(14-9-10-17-13(14)16)8-4-7-11-5-2-1-3-6-11/h1-6,8H,7,9-10H2/b8-4-. The Morgan fingerprint density at radius 3 is 2.76 bits per heavy atom. The molecular weight excluding hydrogens is 218 g/mol. The van der Waals surface area contributed by atoms with Gasteiger partial charge in [-0.3, -0.25) is 4.79 Å². The minimum Gasteiger partial charge on any atom is -0.447 e. The van der Waals surface area contributed by atoms with E-state index in [1.807, 2.05) is 30.3 Å². The zero-order valence-electron chi connectivity index (χ0n) is 9.33. The number of ether oxygens (including phenoxy) is 1. The third kappa shape index (κ3) is 2.93. The number of cyclic esters (lactones) is 1. The first kappa shape index (κ1) is 11.4. The van der Waals surface area contributed by atoms with Crippen molar-refractivity contribution in [2.75, 3.05) is 13.2 Å². The number of hydrogen-bond donors (Lipinski definition) is 0. The molecule has 0 aliphatic carbocycles. The number of hydrogen-bond acceptors (Lipinski definition) is 3.